The summed E-state index contributed by atoms with van der Waals surface area (Å²) in [4.78, 5) is 34.2. The van der Waals surface area contributed by atoms with Gasteiger partial charge in [0, 0.05) is 35.5 Å². The molecular formula is C39H49N3O3. The lowest BCUT2D eigenvalue weighted by molar-refractivity contribution is -0.118. The number of ketones is 1. The van der Waals surface area contributed by atoms with E-state index in [1.54, 1.807) is 12.1 Å². The Morgan fingerprint density at radius 3 is 2.16 bits per heavy atom. The maximum Gasteiger partial charge on any atom is 0.257 e. The number of ether oxygens (including phenoxy) is 1. The molecule has 238 valence electrons. The smallest absolute Gasteiger partial charge is 0.257 e. The summed E-state index contributed by atoms with van der Waals surface area (Å²) in [6, 6.07) is 19.9. The molecule has 0 unspecified atom stereocenters. The first-order valence-electron chi connectivity index (χ1n) is 16.2. The number of Topliss-reactive ketones (excluding diaryl/α,β-unsaturated/α-hetero) is 1. The number of rotatable bonds is 12. The van der Waals surface area contributed by atoms with E-state index in [0.29, 0.717) is 16.8 Å². The number of nitrogens with one attached hydrogen (secondary N) is 1. The van der Waals surface area contributed by atoms with E-state index >= 15 is 0 Å². The van der Waals surface area contributed by atoms with E-state index in [0.717, 1.165) is 54.2 Å². The minimum atomic E-state index is -0.490. The summed E-state index contributed by atoms with van der Waals surface area (Å²) in [5.74, 6) is -0.0802. The molecule has 0 saturated carbocycles. The van der Waals surface area contributed by atoms with Crippen molar-refractivity contribution >= 4 is 28.8 Å². The van der Waals surface area contributed by atoms with E-state index in [4.69, 9.17) is 9.73 Å². The second-order valence-corrected chi connectivity index (χ2v) is 13.1. The Hall–Kier alpha value is -4.19. The van der Waals surface area contributed by atoms with Crippen molar-refractivity contribution in [1.82, 2.24) is 5.32 Å². The number of carbonyl (C=O) groups excluding carboxylic acids is 2. The topological polar surface area (TPSA) is 71.0 Å². The zero-order valence-electron chi connectivity index (χ0n) is 28.5. The summed E-state index contributed by atoms with van der Waals surface area (Å²) < 4.78 is 6.18. The van der Waals surface area contributed by atoms with Gasteiger partial charge in [-0.2, -0.15) is 0 Å². The fraction of sp³-hybridized carbons (Fsp3) is 0.410. The lowest BCUT2D eigenvalue weighted by Gasteiger charge is -2.30. The first kappa shape index (κ1) is 33.7. The van der Waals surface area contributed by atoms with Crippen LogP contribution in [0.15, 0.2) is 77.3 Å². The number of benzene rings is 3. The van der Waals surface area contributed by atoms with Gasteiger partial charge in [-0.15, -0.1) is 0 Å². The molecule has 0 fully saturated rings. The van der Waals surface area contributed by atoms with Crippen molar-refractivity contribution in [3.05, 3.63) is 100 Å². The van der Waals surface area contributed by atoms with Gasteiger partial charge in [0.05, 0.1) is 17.0 Å². The van der Waals surface area contributed by atoms with Gasteiger partial charge in [0.2, 0.25) is 0 Å². The molecule has 1 amide bonds. The first-order chi connectivity index (χ1) is 21.4. The molecule has 1 aliphatic carbocycles. The van der Waals surface area contributed by atoms with Crippen LogP contribution in [0.1, 0.15) is 101 Å². The van der Waals surface area contributed by atoms with Crippen LogP contribution >= 0.6 is 0 Å². The van der Waals surface area contributed by atoms with E-state index in [-0.39, 0.29) is 28.9 Å². The van der Waals surface area contributed by atoms with Crippen molar-refractivity contribution in [1.29, 1.82) is 0 Å². The van der Waals surface area contributed by atoms with Gasteiger partial charge in [0.1, 0.15) is 5.75 Å². The number of anilines is 1. The molecule has 0 radical (unpaired) electrons. The maximum atomic E-state index is 13.5. The van der Waals surface area contributed by atoms with Crippen LogP contribution in [0.2, 0.25) is 0 Å². The largest absolute Gasteiger partial charge is 0.473 e. The molecular weight excluding hydrogens is 558 g/mol. The molecule has 0 heterocycles. The molecule has 6 heteroatoms. The molecule has 0 atom stereocenters. The molecule has 4 rings (SSSR count). The fourth-order valence-corrected chi connectivity index (χ4v) is 5.55. The standard InChI is InChI=1S/C39H49N3O3/c1-10-38(6,7)27-18-21-35(32(23-27)39(8,9)11-2)45-25-40-37(44)31-24-34(29-16-14-15-17-30(29)36(31)43)41-33-20-19-28(22-26(33)5)42(12-3)13-4/h14-24H,10-13,25H2,1-9H3,(H,40,44). The monoisotopic (exact) mass is 607 g/mol. The number of amides is 1. The highest BCUT2D eigenvalue weighted by molar-refractivity contribution is 6.35. The summed E-state index contributed by atoms with van der Waals surface area (Å²) >= 11 is 0. The Balaban J connectivity index is 1.61. The summed E-state index contributed by atoms with van der Waals surface area (Å²) in [7, 11) is 0. The Bertz CT molecular complexity index is 1630. The van der Waals surface area contributed by atoms with Crippen molar-refractivity contribution in [2.45, 2.75) is 86.0 Å². The molecule has 1 aliphatic rings. The van der Waals surface area contributed by atoms with Crippen molar-refractivity contribution in [2.75, 3.05) is 24.7 Å². The number of carbonyl (C=O) groups is 2. The summed E-state index contributed by atoms with van der Waals surface area (Å²) in [5.41, 5.74) is 7.06. The zero-order chi connectivity index (χ0) is 32.9. The Morgan fingerprint density at radius 1 is 0.867 bits per heavy atom. The van der Waals surface area contributed by atoms with Crippen LogP contribution in [-0.2, 0) is 15.6 Å². The number of hydrogen-bond acceptors (Lipinski definition) is 5. The number of aliphatic imine (C=N–C) groups is 1. The lowest BCUT2D eigenvalue weighted by Crippen LogP contribution is -2.34. The number of allylic oxidation sites excluding steroid dienone is 1. The predicted octanol–water partition coefficient (Wildman–Crippen LogP) is 8.61. The maximum absolute atomic E-state index is 13.5. The summed E-state index contributed by atoms with van der Waals surface area (Å²) in [6.07, 6.45) is 3.56. The van der Waals surface area contributed by atoms with Gasteiger partial charge in [0.25, 0.3) is 5.91 Å². The number of fused-ring (bicyclic) bond motifs is 1. The predicted molar refractivity (Wildman–Crippen MR) is 187 cm³/mol. The van der Waals surface area contributed by atoms with E-state index in [1.165, 1.54) is 5.56 Å². The van der Waals surface area contributed by atoms with Gasteiger partial charge >= 0.3 is 0 Å². The lowest BCUT2D eigenvalue weighted by atomic mass is 9.76. The van der Waals surface area contributed by atoms with E-state index in [1.807, 2.05) is 37.3 Å². The van der Waals surface area contributed by atoms with E-state index in [9.17, 15) is 9.59 Å². The Labute approximate surface area is 269 Å². The average molecular weight is 608 g/mol. The molecule has 0 spiro atoms. The fourth-order valence-electron chi connectivity index (χ4n) is 5.55. The highest BCUT2D eigenvalue weighted by atomic mass is 16.5. The Morgan fingerprint density at radius 2 is 1.53 bits per heavy atom. The van der Waals surface area contributed by atoms with Crippen LogP contribution in [-0.4, -0.2) is 37.2 Å². The third-order valence-corrected chi connectivity index (χ3v) is 9.49. The van der Waals surface area contributed by atoms with Crippen molar-refractivity contribution in [3.63, 3.8) is 0 Å². The summed E-state index contributed by atoms with van der Waals surface area (Å²) in [6.45, 7) is 21.4. The normalized spacial score (nSPS) is 14.2. The molecule has 6 nitrogen and oxygen atoms in total. The van der Waals surface area contributed by atoms with Gasteiger partial charge in [-0.1, -0.05) is 77.9 Å². The minimum Gasteiger partial charge on any atom is -0.473 e. The van der Waals surface area contributed by atoms with E-state index in [2.05, 4.69) is 89.9 Å². The molecule has 1 N–H and O–H groups in total. The second-order valence-electron chi connectivity index (χ2n) is 13.1. The molecule has 3 aromatic carbocycles. The number of nitrogens with zero attached hydrogens (tertiary/aromatic N) is 2. The molecule has 0 aromatic heterocycles. The molecule has 0 bridgehead atoms. The molecule has 3 aromatic rings. The highest BCUT2D eigenvalue weighted by Gasteiger charge is 2.30. The van der Waals surface area contributed by atoms with Crippen molar-refractivity contribution in [2.24, 2.45) is 4.99 Å². The third-order valence-electron chi connectivity index (χ3n) is 9.49. The summed E-state index contributed by atoms with van der Waals surface area (Å²) in [5, 5.41) is 2.83. The van der Waals surface area contributed by atoms with Gasteiger partial charge in [-0.3, -0.25) is 9.59 Å². The zero-order valence-corrected chi connectivity index (χ0v) is 28.5. The third kappa shape index (κ3) is 7.22. The van der Waals surface area contributed by atoms with Gasteiger partial charge in [-0.25, -0.2) is 4.99 Å². The van der Waals surface area contributed by atoms with Crippen LogP contribution in [0.4, 0.5) is 11.4 Å². The second kappa shape index (κ2) is 13.8. The SMILES string of the molecule is CCN(CC)c1ccc(N=C2C=C(C(=O)NCOc3ccc(C(C)(C)CC)cc3C(C)(C)CC)C(=O)c3ccccc32)c(C)c1. The van der Waals surface area contributed by atoms with Gasteiger partial charge in [-0.05, 0) is 85.9 Å². The van der Waals surface area contributed by atoms with Crippen molar-refractivity contribution in [3.8, 4) is 5.75 Å². The molecule has 0 saturated heterocycles. The van der Waals surface area contributed by atoms with Crippen molar-refractivity contribution < 1.29 is 14.3 Å². The Kier molecular flexibility index (Phi) is 10.4. The number of aryl methyl sites for hydroxylation is 1. The van der Waals surface area contributed by atoms with Gasteiger partial charge < -0.3 is 15.0 Å². The van der Waals surface area contributed by atoms with Crippen LogP contribution in [0.3, 0.4) is 0 Å². The van der Waals surface area contributed by atoms with Crippen LogP contribution in [0.5, 0.6) is 5.75 Å². The number of hydrogen-bond donors (Lipinski definition) is 1. The molecule has 0 aliphatic heterocycles. The average Bonchev–Trinajstić information content (AvgIpc) is 3.04. The van der Waals surface area contributed by atoms with Gasteiger partial charge in [0.15, 0.2) is 12.5 Å². The first-order valence-corrected chi connectivity index (χ1v) is 16.2. The van der Waals surface area contributed by atoms with Crippen LogP contribution < -0.4 is 15.0 Å². The highest BCUT2D eigenvalue weighted by Crippen LogP contribution is 2.38. The minimum absolute atomic E-state index is 0.0423. The quantitative estimate of drug-likeness (QED) is 0.165. The van der Waals surface area contributed by atoms with Crippen LogP contribution in [0.25, 0.3) is 0 Å². The van der Waals surface area contributed by atoms with E-state index < -0.39 is 5.91 Å². The molecule has 45 heavy (non-hydrogen) atoms. The van der Waals surface area contributed by atoms with Crippen LogP contribution in [0, 0.1) is 6.92 Å².